The van der Waals surface area contributed by atoms with E-state index in [0.29, 0.717) is 12.1 Å². The SMILES string of the molecule is CC[Si](CC)(CC)OOC(C)CNC(=O)c1ccccc1. The number of amides is 1. The number of benzene rings is 1. The van der Waals surface area contributed by atoms with Crippen molar-refractivity contribution in [2.24, 2.45) is 0 Å². The van der Waals surface area contributed by atoms with E-state index in [0.717, 1.165) is 18.1 Å². The van der Waals surface area contributed by atoms with E-state index in [4.69, 9.17) is 9.46 Å². The van der Waals surface area contributed by atoms with Crippen LogP contribution in [0.2, 0.25) is 18.1 Å². The molecule has 1 unspecified atom stereocenters. The first-order valence-corrected chi connectivity index (χ1v) is 10.3. The Bertz CT molecular complexity index is 413. The number of hydrogen-bond donors (Lipinski definition) is 1. The molecule has 0 aliphatic carbocycles. The van der Waals surface area contributed by atoms with Gasteiger partial charge in [0.25, 0.3) is 5.91 Å². The van der Waals surface area contributed by atoms with E-state index in [-0.39, 0.29) is 12.0 Å². The molecule has 0 aliphatic rings. The summed E-state index contributed by atoms with van der Waals surface area (Å²) in [5, 5.41) is 2.86. The Morgan fingerprint density at radius 3 is 2.24 bits per heavy atom. The van der Waals surface area contributed by atoms with Gasteiger partial charge in [0.15, 0.2) is 0 Å². The van der Waals surface area contributed by atoms with Gasteiger partial charge in [0, 0.05) is 12.1 Å². The molecule has 21 heavy (non-hydrogen) atoms. The van der Waals surface area contributed by atoms with E-state index < -0.39 is 8.32 Å². The molecular weight excluding hydrogens is 282 g/mol. The number of carbonyl (C=O) groups excluding carboxylic acids is 1. The Balaban J connectivity index is 2.37. The van der Waals surface area contributed by atoms with Gasteiger partial charge in [-0.25, -0.2) is 4.89 Å². The van der Waals surface area contributed by atoms with Crippen LogP contribution in [0.25, 0.3) is 0 Å². The number of nitrogens with one attached hydrogen (secondary N) is 1. The maximum absolute atomic E-state index is 11.9. The average molecular weight is 309 g/mol. The third kappa shape index (κ3) is 5.61. The van der Waals surface area contributed by atoms with Gasteiger partial charge in [-0.1, -0.05) is 39.0 Å². The van der Waals surface area contributed by atoms with Crippen LogP contribution in [0.15, 0.2) is 30.3 Å². The third-order valence-electron chi connectivity index (χ3n) is 3.91. The maximum atomic E-state index is 11.9. The summed E-state index contributed by atoms with van der Waals surface area (Å²) in [6.07, 6.45) is -0.158. The molecule has 0 aromatic heterocycles. The average Bonchev–Trinajstić information content (AvgIpc) is 2.55. The van der Waals surface area contributed by atoms with E-state index in [1.165, 1.54) is 0 Å². The summed E-state index contributed by atoms with van der Waals surface area (Å²) < 4.78 is 5.76. The van der Waals surface area contributed by atoms with Crippen LogP contribution in [0, 0.1) is 0 Å². The Labute approximate surface area is 128 Å². The standard InChI is InChI=1S/C16H27NO3Si/c1-5-21(6-2,7-3)20-19-14(4)13-17-16(18)15-11-9-8-10-12-15/h8-12,14H,5-7,13H2,1-4H3,(H,17,18). The highest BCUT2D eigenvalue weighted by Gasteiger charge is 2.31. The molecule has 1 aromatic carbocycles. The molecule has 0 heterocycles. The summed E-state index contributed by atoms with van der Waals surface area (Å²) in [4.78, 5) is 17.4. The van der Waals surface area contributed by atoms with Crippen molar-refractivity contribution in [2.45, 2.75) is 51.9 Å². The highest BCUT2D eigenvalue weighted by Crippen LogP contribution is 2.22. The fourth-order valence-corrected chi connectivity index (χ4v) is 4.29. The van der Waals surface area contributed by atoms with Crippen molar-refractivity contribution in [3.05, 3.63) is 35.9 Å². The van der Waals surface area contributed by atoms with Gasteiger partial charge in [0.2, 0.25) is 8.32 Å². The largest absolute Gasteiger partial charge is 0.349 e. The highest BCUT2D eigenvalue weighted by atomic mass is 28.4. The molecule has 1 atom stereocenters. The second kappa shape index (κ2) is 8.97. The van der Waals surface area contributed by atoms with Crippen molar-refractivity contribution in [3.8, 4) is 0 Å². The van der Waals surface area contributed by atoms with Crippen molar-refractivity contribution in [1.82, 2.24) is 5.32 Å². The summed E-state index contributed by atoms with van der Waals surface area (Å²) >= 11 is 0. The van der Waals surface area contributed by atoms with Crippen molar-refractivity contribution < 1.29 is 14.3 Å². The lowest BCUT2D eigenvalue weighted by Crippen LogP contribution is -2.39. The first-order chi connectivity index (χ1) is 10.1. The summed E-state index contributed by atoms with van der Waals surface area (Å²) in [5.41, 5.74) is 0.657. The number of rotatable bonds is 9. The molecule has 0 bridgehead atoms. The molecule has 0 saturated carbocycles. The Kier molecular flexibility index (Phi) is 7.64. The number of carbonyl (C=O) groups is 1. The van der Waals surface area contributed by atoms with Gasteiger partial charge in [-0.3, -0.25) is 9.37 Å². The second-order valence-corrected chi connectivity index (χ2v) is 9.96. The molecular formula is C16H27NO3Si. The van der Waals surface area contributed by atoms with Crippen LogP contribution in [0.4, 0.5) is 0 Å². The van der Waals surface area contributed by atoms with E-state index in [9.17, 15) is 4.79 Å². The zero-order chi connectivity index (χ0) is 15.7. The molecule has 1 rings (SSSR count). The normalized spacial score (nSPS) is 13.0. The summed E-state index contributed by atoms with van der Waals surface area (Å²) in [5.74, 6) is -0.0870. The van der Waals surface area contributed by atoms with E-state index >= 15 is 0 Å². The fourth-order valence-electron chi connectivity index (χ4n) is 2.07. The molecule has 0 radical (unpaired) electrons. The Hall–Kier alpha value is -1.17. The Morgan fingerprint density at radius 2 is 1.71 bits per heavy atom. The smallest absolute Gasteiger partial charge is 0.251 e. The minimum Gasteiger partial charge on any atom is -0.349 e. The van der Waals surface area contributed by atoms with Crippen LogP contribution in [0.5, 0.6) is 0 Å². The monoisotopic (exact) mass is 309 g/mol. The van der Waals surface area contributed by atoms with E-state index in [2.05, 4.69) is 26.1 Å². The van der Waals surface area contributed by atoms with Crippen molar-refractivity contribution >= 4 is 14.2 Å². The molecule has 0 spiro atoms. The number of hydrogen-bond acceptors (Lipinski definition) is 3. The van der Waals surface area contributed by atoms with Gasteiger partial charge in [0.1, 0.15) is 6.10 Å². The van der Waals surface area contributed by atoms with Crippen molar-refractivity contribution in [3.63, 3.8) is 0 Å². The first kappa shape index (κ1) is 17.9. The molecule has 1 N–H and O–H groups in total. The zero-order valence-electron chi connectivity index (χ0n) is 13.5. The van der Waals surface area contributed by atoms with Gasteiger partial charge in [-0.05, 0) is 37.2 Å². The molecule has 0 fully saturated rings. The highest BCUT2D eigenvalue weighted by molar-refractivity contribution is 6.73. The predicted molar refractivity (Wildman–Crippen MR) is 87.6 cm³/mol. The fraction of sp³-hybridized carbons (Fsp3) is 0.562. The topological polar surface area (TPSA) is 47.6 Å². The van der Waals surface area contributed by atoms with Gasteiger partial charge in [0.05, 0.1) is 0 Å². The Morgan fingerprint density at radius 1 is 1.14 bits per heavy atom. The zero-order valence-corrected chi connectivity index (χ0v) is 14.5. The van der Waals surface area contributed by atoms with Gasteiger partial charge in [-0.15, -0.1) is 0 Å². The molecule has 0 saturated heterocycles. The van der Waals surface area contributed by atoms with Crippen LogP contribution in [-0.2, 0) is 9.46 Å². The van der Waals surface area contributed by atoms with Gasteiger partial charge in [-0.2, -0.15) is 0 Å². The van der Waals surface area contributed by atoms with Crippen molar-refractivity contribution in [1.29, 1.82) is 0 Å². The molecule has 118 valence electrons. The van der Waals surface area contributed by atoms with Crippen molar-refractivity contribution in [2.75, 3.05) is 6.54 Å². The molecule has 5 heteroatoms. The molecule has 4 nitrogen and oxygen atoms in total. The molecule has 0 aliphatic heterocycles. The lowest BCUT2D eigenvalue weighted by molar-refractivity contribution is -0.250. The summed E-state index contributed by atoms with van der Waals surface area (Å²) in [6, 6.07) is 12.3. The minimum atomic E-state index is -1.74. The molecule has 1 aromatic rings. The van der Waals surface area contributed by atoms with E-state index in [1.54, 1.807) is 12.1 Å². The third-order valence-corrected chi connectivity index (χ3v) is 8.22. The second-order valence-electron chi connectivity index (χ2n) is 5.31. The van der Waals surface area contributed by atoms with Crippen LogP contribution >= 0.6 is 0 Å². The van der Waals surface area contributed by atoms with Gasteiger partial charge < -0.3 is 5.32 Å². The first-order valence-electron chi connectivity index (χ1n) is 7.74. The summed E-state index contributed by atoms with van der Waals surface area (Å²) in [6.45, 7) is 8.82. The van der Waals surface area contributed by atoms with Gasteiger partial charge >= 0.3 is 0 Å². The minimum absolute atomic E-state index is 0.0870. The lowest BCUT2D eigenvalue weighted by atomic mass is 10.2. The van der Waals surface area contributed by atoms with Crippen LogP contribution in [-0.4, -0.2) is 26.9 Å². The maximum Gasteiger partial charge on any atom is 0.251 e. The lowest BCUT2D eigenvalue weighted by Gasteiger charge is -2.27. The van der Waals surface area contributed by atoms with Crippen LogP contribution in [0.1, 0.15) is 38.1 Å². The van der Waals surface area contributed by atoms with E-state index in [1.807, 2.05) is 25.1 Å². The predicted octanol–water partition coefficient (Wildman–Crippen LogP) is 3.76. The van der Waals surface area contributed by atoms with Crippen LogP contribution in [0.3, 0.4) is 0 Å². The summed E-state index contributed by atoms with van der Waals surface area (Å²) in [7, 11) is -1.74. The van der Waals surface area contributed by atoms with Crippen LogP contribution < -0.4 is 5.32 Å². The molecule has 1 amide bonds. The quantitative estimate of drug-likeness (QED) is 0.429.